The molecule has 1 heterocycles. The third-order valence-electron chi connectivity index (χ3n) is 6.20. The molecule has 0 aliphatic carbocycles. The van der Waals surface area contributed by atoms with Crippen LogP contribution in [0.4, 0.5) is 0 Å². The number of nitrogens with zero attached hydrogens (tertiary/aromatic N) is 2. The van der Waals surface area contributed by atoms with Gasteiger partial charge in [-0.05, 0) is 54.0 Å². The van der Waals surface area contributed by atoms with Gasteiger partial charge in [-0.2, -0.15) is 11.8 Å². The number of benzene rings is 2. The van der Waals surface area contributed by atoms with Gasteiger partial charge in [0.25, 0.3) is 0 Å². The van der Waals surface area contributed by atoms with Gasteiger partial charge in [0, 0.05) is 42.0 Å². The molecule has 36 heavy (non-hydrogen) atoms. The molecule has 0 spiro atoms. The first-order chi connectivity index (χ1) is 16.9. The van der Waals surface area contributed by atoms with Gasteiger partial charge in [-0.15, -0.1) is 0 Å². The Morgan fingerprint density at radius 2 is 1.61 bits per heavy atom. The zero-order valence-corrected chi connectivity index (χ0v) is 24.0. The standard InChI is InChI=1S/C30H42N2O3S/c1-29(2,3)25-17-22(18-26(27(25)33)30(4,5)6)28-31-23(20-35-28)13-15-34-24-11-9-21(10-12-24)19-32(7)14-16-36-8/h9-12,17-18,20,33H,13-16,19H2,1-8H3. The summed E-state index contributed by atoms with van der Waals surface area (Å²) in [6, 6.07) is 12.3. The molecule has 0 aliphatic heterocycles. The minimum absolute atomic E-state index is 0.205. The van der Waals surface area contributed by atoms with Crippen molar-refractivity contribution in [3.8, 4) is 23.0 Å². The largest absolute Gasteiger partial charge is 0.507 e. The van der Waals surface area contributed by atoms with Crippen LogP contribution in [-0.4, -0.2) is 47.2 Å². The van der Waals surface area contributed by atoms with Crippen molar-refractivity contribution in [1.82, 2.24) is 9.88 Å². The first-order valence-corrected chi connectivity index (χ1v) is 14.0. The second-order valence-electron chi connectivity index (χ2n) is 11.5. The topological polar surface area (TPSA) is 58.7 Å². The SMILES string of the molecule is CSCCN(C)Cc1ccc(OCCc2coc(-c3cc(C(C)(C)C)c(O)c(C(C)(C)C)c3)n2)cc1. The van der Waals surface area contributed by atoms with Crippen LogP contribution in [0.25, 0.3) is 11.5 Å². The van der Waals surface area contributed by atoms with Gasteiger partial charge in [-0.25, -0.2) is 4.98 Å². The number of phenolic OH excluding ortho intramolecular Hbond substituents is 1. The van der Waals surface area contributed by atoms with E-state index in [9.17, 15) is 5.11 Å². The zero-order valence-electron chi connectivity index (χ0n) is 23.1. The van der Waals surface area contributed by atoms with E-state index in [4.69, 9.17) is 14.1 Å². The molecule has 3 aromatic rings. The molecule has 6 heteroatoms. The van der Waals surface area contributed by atoms with Crippen molar-refractivity contribution in [2.45, 2.75) is 65.3 Å². The normalized spacial score (nSPS) is 12.4. The highest BCUT2D eigenvalue weighted by Gasteiger charge is 2.27. The van der Waals surface area contributed by atoms with Crippen LogP contribution in [0, 0.1) is 0 Å². The van der Waals surface area contributed by atoms with Crippen LogP contribution in [0.15, 0.2) is 47.1 Å². The van der Waals surface area contributed by atoms with Gasteiger partial charge in [0.15, 0.2) is 0 Å². The van der Waals surface area contributed by atoms with E-state index in [1.165, 1.54) is 5.56 Å². The molecule has 0 unspecified atom stereocenters. The van der Waals surface area contributed by atoms with Crippen molar-refractivity contribution >= 4 is 11.8 Å². The van der Waals surface area contributed by atoms with Crippen molar-refractivity contribution in [3.63, 3.8) is 0 Å². The molecule has 0 aliphatic rings. The second-order valence-corrected chi connectivity index (χ2v) is 12.5. The third kappa shape index (κ3) is 7.53. The Bertz CT molecular complexity index is 1090. The van der Waals surface area contributed by atoms with E-state index in [-0.39, 0.29) is 10.8 Å². The number of hydrogen-bond donors (Lipinski definition) is 1. The maximum Gasteiger partial charge on any atom is 0.226 e. The van der Waals surface area contributed by atoms with Gasteiger partial charge >= 0.3 is 0 Å². The van der Waals surface area contributed by atoms with Crippen LogP contribution in [0.3, 0.4) is 0 Å². The minimum Gasteiger partial charge on any atom is -0.507 e. The van der Waals surface area contributed by atoms with Crippen molar-refractivity contribution in [3.05, 3.63) is 65.0 Å². The highest BCUT2D eigenvalue weighted by Crippen LogP contribution is 2.41. The Morgan fingerprint density at radius 1 is 1.00 bits per heavy atom. The highest BCUT2D eigenvalue weighted by molar-refractivity contribution is 7.98. The molecule has 0 radical (unpaired) electrons. The molecule has 0 saturated carbocycles. The molecule has 5 nitrogen and oxygen atoms in total. The van der Waals surface area contributed by atoms with Gasteiger partial charge in [-0.1, -0.05) is 53.7 Å². The smallest absolute Gasteiger partial charge is 0.226 e. The predicted molar refractivity (Wildman–Crippen MR) is 151 cm³/mol. The lowest BCUT2D eigenvalue weighted by atomic mass is 9.78. The fourth-order valence-electron chi connectivity index (χ4n) is 4.06. The number of hydrogen-bond acceptors (Lipinski definition) is 6. The van der Waals surface area contributed by atoms with E-state index in [2.05, 4.69) is 71.9 Å². The molecular weight excluding hydrogens is 468 g/mol. The lowest BCUT2D eigenvalue weighted by molar-refractivity contribution is 0.319. The van der Waals surface area contributed by atoms with Gasteiger partial charge in [0.05, 0.1) is 12.3 Å². The van der Waals surface area contributed by atoms with Crippen LogP contribution >= 0.6 is 11.8 Å². The summed E-state index contributed by atoms with van der Waals surface area (Å²) in [6.45, 7) is 15.2. The number of thioether (sulfide) groups is 1. The van der Waals surface area contributed by atoms with Crippen molar-refractivity contribution < 1.29 is 14.3 Å². The Hall–Kier alpha value is -2.44. The molecule has 196 valence electrons. The van der Waals surface area contributed by atoms with Crippen LogP contribution in [0.2, 0.25) is 0 Å². The summed E-state index contributed by atoms with van der Waals surface area (Å²) in [6.07, 6.45) is 4.49. The Morgan fingerprint density at radius 3 is 2.17 bits per heavy atom. The summed E-state index contributed by atoms with van der Waals surface area (Å²) in [5.74, 6) is 2.92. The van der Waals surface area contributed by atoms with E-state index in [1.807, 2.05) is 36.0 Å². The lowest BCUT2D eigenvalue weighted by Crippen LogP contribution is -2.20. The number of aromatic nitrogens is 1. The fraction of sp³-hybridized carbons (Fsp3) is 0.500. The van der Waals surface area contributed by atoms with Gasteiger partial charge in [-0.3, -0.25) is 0 Å². The number of ether oxygens (including phenoxy) is 1. The van der Waals surface area contributed by atoms with Crippen LogP contribution < -0.4 is 4.74 Å². The average molecular weight is 511 g/mol. The van der Waals surface area contributed by atoms with E-state index in [0.29, 0.717) is 24.7 Å². The monoisotopic (exact) mass is 510 g/mol. The fourth-order valence-corrected chi connectivity index (χ4v) is 4.55. The summed E-state index contributed by atoms with van der Waals surface area (Å²) in [4.78, 5) is 7.05. The zero-order chi connectivity index (χ0) is 26.5. The molecule has 0 bridgehead atoms. The lowest BCUT2D eigenvalue weighted by Gasteiger charge is -2.27. The van der Waals surface area contributed by atoms with Crippen molar-refractivity contribution in [2.24, 2.45) is 0 Å². The van der Waals surface area contributed by atoms with Gasteiger partial charge in [0.1, 0.15) is 17.8 Å². The van der Waals surface area contributed by atoms with Gasteiger partial charge in [0.2, 0.25) is 5.89 Å². The summed E-state index contributed by atoms with van der Waals surface area (Å²) < 4.78 is 11.8. The molecule has 0 fully saturated rings. The molecule has 0 amide bonds. The average Bonchev–Trinajstić information content (AvgIpc) is 3.26. The number of aromatic hydroxyl groups is 1. The van der Waals surface area contributed by atoms with Crippen LogP contribution in [-0.2, 0) is 23.8 Å². The highest BCUT2D eigenvalue weighted by atomic mass is 32.2. The number of phenols is 1. The Labute approximate surface area is 221 Å². The van der Waals surface area contributed by atoms with E-state index < -0.39 is 0 Å². The molecular formula is C30H42N2O3S. The molecule has 2 aromatic carbocycles. The van der Waals surface area contributed by atoms with Gasteiger partial charge < -0.3 is 19.2 Å². The van der Waals surface area contributed by atoms with Crippen molar-refractivity contribution in [2.75, 3.05) is 32.2 Å². The summed E-state index contributed by atoms with van der Waals surface area (Å²) in [5.41, 5.74) is 4.39. The molecule has 1 N–H and O–H groups in total. The first-order valence-electron chi connectivity index (χ1n) is 12.6. The third-order valence-corrected chi connectivity index (χ3v) is 6.80. The summed E-state index contributed by atoms with van der Waals surface area (Å²) >= 11 is 1.87. The Kier molecular flexibility index (Phi) is 9.18. The predicted octanol–water partition coefficient (Wildman–Crippen LogP) is 7.06. The molecule has 3 rings (SSSR count). The van der Waals surface area contributed by atoms with E-state index in [1.54, 1.807) is 6.26 Å². The maximum atomic E-state index is 11.0. The summed E-state index contributed by atoms with van der Waals surface area (Å²) in [5, 5.41) is 11.0. The molecule has 0 saturated heterocycles. The number of oxazole rings is 1. The molecule has 0 atom stereocenters. The van der Waals surface area contributed by atoms with Crippen LogP contribution in [0.5, 0.6) is 11.5 Å². The van der Waals surface area contributed by atoms with E-state index in [0.717, 1.165) is 47.0 Å². The van der Waals surface area contributed by atoms with E-state index >= 15 is 0 Å². The van der Waals surface area contributed by atoms with Crippen LogP contribution in [0.1, 0.15) is 63.9 Å². The Balaban J connectivity index is 1.65. The first kappa shape index (κ1) is 28.1. The maximum absolute atomic E-state index is 11.0. The number of rotatable bonds is 10. The quantitative estimate of drug-likeness (QED) is 0.315. The molecule has 1 aromatic heterocycles. The van der Waals surface area contributed by atoms with Crippen molar-refractivity contribution in [1.29, 1.82) is 0 Å². The summed E-state index contributed by atoms with van der Waals surface area (Å²) in [7, 11) is 2.15. The minimum atomic E-state index is -0.205. The second kappa shape index (κ2) is 11.7.